The zero-order valence-electron chi connectivity index (χ0n) is 22.7. The van der Waals surface area contributed by atoms with Crippen molar-refractivity contribution in [3.8, 4) is 5.75 Å². The molecule has 1 fully saturated rings. The van der Waals surface area contributed by atoms with Gasteiger partial charge in [0, 0.05) is 36.5 Å². The van der Waals surface area contributed by atoms with Crippen LogP contribution in [0.15, 0.2) is 52.9 Å². The summed E-state index contributed by atoms with van der Waals surface area (Å²) in [6.45, 7) is 2.07. The number of rotatable bonds is 1. The molecule has 6 rings (SSSR count). The molecule has 2 aromatic carbocycles. The number of ether oxygens (including phenoxy) is 2. The Kier molecular flexibility index (Phi) is 7.96. The molecule has 214 valence electrons. The van der Waals surface area contributed by atoms with Crippen molar-refractivity contribution in [1.29, 1.82) is 0 Å². The third-order valence-electron chi connectivity index (χ3n) is 8.76. The second-order valence-electron chi connectivity index (χ2n) is 11.3. The van der Waals surface area contributed by atoms with Crippen molar-refractivity contribution in [2.45, 2.75) is 43.0 Å². The number of amides is 1. The van der Waals surface area contributed by atoms with Crippen LogP contribution < -0.4 is 14.8 Å². The van der Waals surface area contributed by atoms with E-state index in [4.69, 9.17) is 26.2 Å². The summed E-state index contributed by atoms with van der Waals surface area (Å²) in [5, 5.41) is 6.75. The van der Waals surface area contributed by atoms with Crippen LogP contribution in [0.5, 0.6) is 5.75 Å². The van der Waals surface area contributed by atoms with Crippen molar-refractivity contribution in [1.82, 2.24) is 0 Å². The van der Waals surface area contributed by atoms with E-state index in [1.165, 1.54) is 11.1 Å². The van der Waals surface area contributed by atoms with E-state index in [0.717, 1.165) is 54.6 Å². The number of carbonyl (C=O) groups is 1. The van der Waals surface area contributed by atoms with Crippen LogP contribution >= 0.6 is 23.4 Å². The van der Waals surface area contributed by atoms with E-state index < -0.39 is 15.8 Å². The second kappa shape index (κ2) is 11.3. The summed E-state index contributed by atoms with van der Waals surface area (Å²) < 4.78 is 29.1. The smallest absolute Gasteiger partial charge is 0.286 e. The summed E-state index contributed by atoms with van der Waals surface area (Å²) in [6.07, 6.45) is 8.75. The molecule has 2 N–H and O–H groups in total. The Balaban J connectivity index is 1.44. The van der Waals surface area contributed by atoms with Gasteiger partial charge in [-0.15, -0.1) is 16.1 Å². The Morgan fingerprint density at radius 2 is 2.12 bits per heavy atom. The van der Waals surface area contributed by atoms with Gasteiger partial charge in [-0.25, -0.2) is 9.35 Å². The molecule has 1 spiro atoms. The fourth-order valence-corrected chi connectivity index (χ4v) is 9.23. The Morgan fingerprint density at radius 1 is 1.25 bits per heavy atom. The van der Waals surface area contributed by atoms with Gasteiger partial charge in [-0.05, 0) is 91.2 Å². The molecular weight excluding hydrogens is 566 g/mol. The van der Waals surface area contributed by atoms with Crippen molar-refractivity contribution >= 4 is 44.9 Å². The van der Waals surface area contributed by atoms with Gasteiger partial charge in [-0.2, -0.15) is 0 Å². The number of carbonyl (C=O) groups excluding carboxylic acids is 1. The molecule has 0 radical (unpaired) electrons. The second-order valence-corrected chi connectivity index (χ2v) is 15.2. The number of nitrogens with two attached hydrogens (primary N) is 1. The van der Waals surface area contributed by atoms with Gasteiger partial charge in [0.2, 0.25) is 0 Å². The molecule has 2 bridgehead atoms. The minimum Gasteiger partial charge on any atom is -0.490 e. The number of fused-ring (bicyclic) bond motifs is 4. The SMILES string of the molecule is CO[C@H]1/C=C/CCCS(N)(=O)=NC(=O)c2ccc3c(c2)N(C[C@@H]2CC[C@H]21)C[C@]1(CO3)SCCc2cc(Cl)ccc21. The third kappa shape index (κ3) is 5.55. The molecule has 4 aliphatic rings. The number of hydrogen-bond acceptors (Lipinski definition) is 6. The quantitative estimate of drug-likeness (QED) is 0.428. The van der Waals surface area contributed by atoms with Crippen LogP contribution in [0.3, 0.4) is 0 Å². The highest BCUT2D eigenvalue weighted by Gasteiger charge is 2.45. The molecular formula is C30H36ClN3O4S2. The van der Waals surface area contributed by atoms with Crippen LogP contribution in [-0.2, 0) is 25.8 Å². The third-order valence-corrected chi connectivity index (χ3v) is 11.8. The molecule has 0 saturated heterocycles. The predicted molar refractivity (Wildman–Crippen MR) is 163 cm³/mol. The van der Waals surface area contributed by atoms with Crippen LogP contribution in [-0.4, -0.2) is 54.5 Å². The molecule has 3 heterocycles. The number of halogens is 1. The number of anilines is 1. The largest absolute Gasteiger partial charge is 0.490 e. The molecule has 3 aliphatic heterocycles. The highest BCUT2D eigenvalue weighted by Crippen LogP contribution is 2.49. The van der Waals surface area contributed by atoms with Crippen LogP contribution in [0, 0.1) is 11.8 Å². The number of nitrogens with zero attached hydrogens (tertiary/aromatic N) is 2. The first-order chi connectivity index (χ1) is 19.3. The van der Waals surface area contributed by atoms with Gasteiger partial charge in [0.25, 0.3) is 5.91 Å². The van der Waals surface area contributed by atoms with E-state index in [1.54, 1.807) is 13.2 Å². The summed E-state index contributed by atoms with van der Waals surface area (Å²) in [6, 6.07) is 11.6. The first-order valence-corrected chi connectivity index (χ1v) is 17.1. The molecule has 1 amide bonds. The number of benzene rings is 2. The number of allylic oxidation sites excluding steroid dienone is 1. The summed E-state index contributed by atoms with van der Waals surface area (Å²) >= 11 is 8.33. The minimum absolute atomic E-state index is 0.0232. The Labute approximate surface area is 246 Å². The lowest BCUT2D eigenvalue weighted by Gasteiger charge is -2.45. The standard InChI is InChI=1S/C30H36ClN3O4S2/c1-37-27-5-3-2-4-14-40(32,36)33-29(35)21-7-11-28-26(16-21)34(17-22-6-9-24(22)27)18-30(19-38-28)25-10-8-23(31)15-20(25)12-13-39-30/h3,5,7-8,10-11,15-16,22,24,27H,2,4,6,9,12-14,17-19H2,1H3,(H2,32,33,35,36)/b5-3+/t22-,24+,27-,30+,40?/m0/s1. The molecule has 1 saturated carbocycles. The van der Waals surface area contributed by atoms with Crippen LogP contribution in [0.2, 0.25) is 5.02 Å². The van der Waals surface area contributed by atoms with E-state index in [0.29, 0.717) is 36.8 Å². The number of thioether (sulfide) groups is 1. The number of aryl methyl sites for hydroxylation is 1. The Morgan fingerprint density at radius 3 is 2.92 bits per heavy atom. The van der Waals surface area contributed by atoms with Gasteiger partial charge in [0.15, 0.2) is 0 Å². The normalized spacial score (nSPS) is 33.0. The lowest BCUT2D eigenvalue weighted by atomic mass is 9.70. The van der Waals surface area contributed by atoms with E-state index in [2.05, 4.69) is 33.5 Å². The lowest BCUT2D eigenvalue weighted by Crippen LogP contribution is -2.48. The Bertz CT molecular complexity index is 1460. The van der Waals surface area contributed by atoms with Crippen LogP contribution in [0.4, 0.5) is 5.69 Å². The van der Waals surface area contributed by atoms with Crippen molar-refractivity contribution in [3.05, 3.63) is 70.3 Å². The Hall–Kier alpha value is -2.04. The van der Waals surface area contributed by atoms with Crippen LogP contribution in [0.1, 0.15) is 47.2 Å². The molecule has 10 heteroatoms. The van der Waals surface area contributed by atoms with Gasteiger partial charge in [-0.3, -0.25) is 4.79 Å². The topological polar surface area (TPSA) is 94.2 Å². The maximum atomic E-state index is 13.2. The molecule has 5 atom stereocenters. The lowest BCUT2D eigenvalue weighted by molar-refractivity contribution is 0.0134. The van der Waals surface area contributed by atoms with E-state index in [9.17, 15) is 9.00 Å². The summed E-state index contributed by atoms with van der Waals surface area (Å²) in [5.41, 5.74) is 3.78. The summed E-state index contributed by atoms with van der Waals surface area (Å²) in [5.74, 6) is 2.18. The maximum Gasteiger partial charge on any atom is 0.286 e. The van der Waals surface area contributed by atoms with Gasteiger partial charge >= 0.3 is 0 Å². The van der Waals surface area contributed by atoms with Crippen molar-refractivity contribution in [2.75, 3.05) is 43.2 Å². The van der Waals surface area contributed by atoms with Crippen molar-refractivity contribution < 1.29 is 18.5 Å². The molecule has 40 heavy (non-hydrogen) atoms. The first kappa shape index (κ1) is 28.1. The summed E-state index contributed by atoms with van der Waals surface area (Å²) in [7, 11) is -1.36. The number of hydrogen-bond donors (Lipinski definition) is 1. The molecule has 7 nitrogen and oxygen atoms in total. The average molecular weight is 602 g/mol. The zero-order chi connectivity index (χ0) is 27.9. The zero-order valence-corrected chi connectivity index (χ0v) is 25.1. The van der Waals surface area contributed by atoms with Gasteiger partial charge < -0.3 is 14.4 Å². The fraction of sp³-hybridized carbons (Fsp3) is 0.500. The molecule has 2 aromatic rings. The average Bonchev–Trinajstić information content (AvgIpc) is 3.06. The highest BCUT2D eigenvalue weighted by atomic mass is 35.5. The van der Waals surface area contributed by atoms with Gasteiger partial charge in [-0.1, -0.05) is 29.8 Å². The van der Waals surface area contributed by atoms with E-state index in [1.807, 2.05) is 30.0 Å². The molecule has 0 aromatic heterocycles. The maximum absolute atomic E-state index is 13.2. The number of methoxy groups -OCH3 is 1. The first-order valence-electron chi connectivity index (χ1n) is 14.0. The van der Waals surface area contributed by atoms with Crippen molar-refractivity contribution in [3.63, 3.8) is 0 Å². The molecule has 1 unspecified atom stereocenters. The van der Waals surface area contributed by atoms with Gasteiger partial charge in [0.1, 0.15) is 22.3 Å². The highest BCUT2D eigenvalue weighted by molar-refractivity contribution is 8.00. The van der Waals surface area contributed by atoms with E-state index in [-0.39, 0.29) is 16.6 Å². The molecule has 1 aliphatic carbocycles. The summed E-state index contributed by atoms with van der Waals surface area (Å²) in [4.78, 5) is 15.6. The van der Waals surface area contributed by atoms with Crippen LogP contribution in [0.25, 0.3) is 0 Å². The monoisotopic (exact) mass is 601 g/mol. The predicted octanol–water partition coefficient (Wildman–Crippen LogP) is 5.60. The van der Waals surface area contributed by atoms with Crippen molar-refractivity contribution in [2.24, 2.45) is 21.3 Å². The minimum atomic E-state index is -3.14. The van der Waals surface area contributed by atoms with E-state index >= 15 is 0 Å². The fourth-order valence-electron chi connectivity index (χ4n) is 6.52. The van der Waals surface area contributed by atoms with Gasteiger partial charge in [0.05, 0.1) is 16.5 Å².